The summed E-state index contributed by atoms with van der Waals surface area (Å²) in [7, 11) is 0. The first-order chi connectivity index (χ1) is 13.5. The molecule has 1 heterocycles. The second-order valence-electron chi connectivity index (χ2n) is 6.36. The van der Waals surface area contributed by atoms with E-state index in [2.05, 4.69) is 4.98 Å². The number of nitrogens with one attached hydrogen (secondary N) is 1. The number of carbonyl (C=O) groups is 1. The third-order valence-corrected chi connectivity index (χ3v) is 4.04. The Morgan fingerprint density at radius 1 is 1.03 bits per heavy atom. The van der Waals surface area contributed by atoms with Crippen molar-refractivity contribution in [3.63, 3.8) is 0 Å². The van der Waals surface area contributed by atoms with Gasteiger partial charge in [-0.1, -0.05) is 36.4 Å². The van der Waals surface area contributed by atoms with Crippen molar-refractivity contribution < 1.29 is 26.7 Å². The SMILES string of the molecule is CC(F)(F)c1nc2c(C(F)(F)F)cccc2c(=O)n1NC(=O)Cc1ccccc1. The van der Waals surface area contributed by atoms with Gasteiger partial charge in [-0.2, -0.15) is 26.6 Å². The van der Waals surface area contributed by atoms with Crippen LogP contribution in [-0.2, 0) is 23.3 Å². The Hall–Kier alpha value is -3.30. The topological polar surface area (TPSA) is 64.0 Å². The van der Waals surface area contributed by atoms with Gasteiger partial charge in [-0.15, -0.1) is 0 Å². The number of alkyl halides is 5. The first kappa shape index (κ1) is 20.4. The summed E-state index contributed by atoms with van der Waals surface area (Å²) >= 11 is 0. The Balaban J connectivity index is 2.15. The Kier molecular flexibility index (Phi) is 5.12. The molecule has 0 aliphatic heterocycles. The largest absolute Gasteiger partial charge is 0.418 e. The first-order valence-corrected chi connectivity index (χ1v) is 8.33. The second-order valence-corrected chi connectivity index (χ2v) is 6.36. The van der Waals surface area contributed by atoms with Crippen LogP contribution in [0, 0.1) is 0 Å². The molecule has 1 N–H and O–H groups in total. The molecule has 0 fully saturated rings. The lowest BCUT2D eigenvalue weighted by Crippen LogP contribution is -2.40. The van der Waals surface area contributed by atoms with Gasteiger partial charge < -0.3 is 0 Å². The highest BCUT2D eigenvalue weighted by molar-refractivity contribution is 5.87. The Bertz CT molecular complexity index is 1120. The molecule has 2 aromatic carbocycles. The zero-order valence-electron chi connectivity index (χ0n) is 14.9. The number of aromatic nitrogens is 2. The fourth-order valence-electron chi connectivity index (χ4n) is 2.78. The van der Waals surface area contributed by atoms with Crippen molar-refractivity contribution >= 4 is 16.8 Å². The van der Waals surface area contributed by atoms with Gasteiger partial charge in [0.05, 0.1) is 22.9 Å². The standard InChI is InChI=1S/C19H14F5N3O2/c1-18(20,21)17-25-15-12(8-5-9-13(15)19(22,23)24)16(29)27(17)26-14(28)10-11-6-3-2-4-7-11/h2-9H,10H2,1H3,(H,26,28). The number of benzene rings is 2. The van der Waals surface area contributed by atoms with Crippen molar-refractivity contribution in [2.75, 3.05) is 5.43 Å². The van der Waals surface area contributed by atoms with E-state index in [-0.39, 0.29) is 11.1 Å². The number of hydrogen-bond donors (Lipinski definition) is 1. The minimum atomic E-state index is -4.90. The molecule has 1 amide bonds. The molecule has 152 valence electrons. The molecule has 29 heavy (non-hydrogen) atoms. The van der Waals surface area contributed by atoms with Crippen molar-refractivity contribution in [3.8, 4) is 0 Å². The third kappa shape index (κ3) is 4.25. The average Bonchev–Trinajstić information content (AvgIpc) is 2.62. The molecular weight excluding hydrogens is 397 g/mol. The number of nitrogens with zero attached hydrogens (tertiary/aromatic N) is 2. The molecule has 1 aromatic heterocycles. The number of amides is 1. The van der Waals surface area contributed by atoms with Crippen LogP contribution in [0.15, 0.2) is 53.3 Å². The molecule has 0 aliphatic carbocycles. The summed E-state index contributed by atoms with van der Waals surface area (Å²) in [5.41, 5.74) is -0.886. The first-order valence-electron chi connectivity index (χ1n) is 8.33. The van der Waals surface area contributed by atoms with E-state index in [1.807, 2.05) is 5.43 Å². The predicted molar refractivity (Wildman–Crippen MR) is 95.1 cm³/mol. The highest BCUT2D eigenvalue weighted by atomic mass is 19.4. The summed E-state index contributed by atoms with van der Waals surface area (Å²) in [5, 5.41) is -0.548. The zero-order valence-corrected chi connectivity index (χ0v) is 14.9. The number of hydrogen-bond acceptors (Lipinski definition) is 3. The van der Waals surface area contributed by atoms with Crippen molar-refractivity contribution in [2.45, 2.75) is 25.4 Å². The predicted octanol–water partition coefficient (Wildman–Crippen LogP) is 3.84. The summed E-state index contributed by atoms with van der Waals surface area (Å²) in [6.07, 6.45) is -5.13. The Labute approximate surface area is 160 Å². The fourth-order valence-corrected chi connectivity index (χ4v) is 2.78. The lowest BCUT2D eigenvalue weighted by Gasteiger charge is -2.19. The third-order valence-electron chi connectivity index (χ3n) is 4.04. The van der Waals surface area contributed by atoms with Gasteiger partial charge in [0, 0.05) is 6.92 Å². The van der Waals surface area contributed by atoms with Crippen molar-refractivity contribution in [1.29, 1.82) is 0 Å². The lowest BCUT2D eigenvalue weighted by atomic mass is 10.1. The molecule has 0 bridgehead atoms. The summed E-state index contributed by atoms with van der Waals surface area (Å²) in [5.74, 6) is -5.91. The molecule has 0 aliphatic rings. The van der Waals surface area contributed by atoms with Gasteiger partial charge in [0.2, 0.25) is 11.7 Å². The van der Waals surface area contributed by atoms with Gasteiger partial charge in [0.25, 0.3) is 5.56 Å². The monoisotopic (exact) mass is 411 g/mol. The number of rotatable bonds is 4. The van der Waals surface area contributed by atoms with Crippen molar-refractivity contribution in [2.24, 2.45) is 0 Å². The minimum absolute atomic E-state index is 0.202. The molecule has 3 rings (SSSR count). The van der Waals surface area contributed by atoms with E-state index in [4.69, 9.17) is 0 Å². The van der Waals surface area contributed by atoms with Crippen LogP contribution in [-0.4, -0.2) is 15.6 Å². The summed E-state index contributed by atoms with van der Waals surface area (Å²) in [4.78, 5) is 28.3. The van der Waals surface area contributed by atoms with Crippen molar-refractivity contribution in [1.82, 2.24) is 9.66 Å². The van der Waals surface area contributed by atoms with Gasteiger partial charge >= 0.3 is 12.1 Å². The van der Waals surface area contributed by atoms with Crippen LogP contribution in [0.1, 0.15) is 23.9 Å². The van der Waals surface area contributed by atoms with Gasteiger partial charge in [-0.3, -0.25) is 15.0 Å². The molecule has 3 aromatic rings. The molecule has 5 nitrogen and oxygen atoms in total. The maximum absolute atomic E-state index is 14.1. The van der Waals surface area contributed by atoms with Crippen molar-refractivity contribution in [3.05, 3.63) is 75.8 Å². The molecule has 0 atom stereocenters. The minimum Gasteiger partial charge on any atom is -0.273 e. The highest BCUT2D eigenvalue weighted by Crippen LogP contribution is 2.34. The quantitative estimate of drug-likeness (QED) is 0.664. The van der Waals surface area contributed by atoms with E-state index in [1.54, 1.807) is 30.3 Å². The smallest absolute Gasteiger partial charge is 0.273 e. The maximum atomic E-state index is 14.1. The number of fused-ring (bicyclic) bond motifs is 1. The van der Waals surface area contributed by atoms with Crippen LogP contribution < -0.4 is 11.0 Å². The number of halogens is 5. The molecule has 0 spiro atoms. The van der Waals surface area contributed by atoms with Crippen LogP contribution in [0.2, 0.25) is 0 Å². The molecule has 0 radical (unpaired) electrons. The van der Waals surface area contributed by atoms with Crippen LogP contribution in [0.25, 0.3) is 10.9 Å². The summed E-state index contributed by atoms with van der Waals surface area (Å²) in [6.45, 7) is 0.372. The number of para-hydroxylation sites is 1. The average molecular weight is 411 g/mol. The summed E-state index contributed by atoms with van der Waals surface area (Å²) < 4.78 is 68.0. The van der Waals surface area contributed by atoms with E-state index in [9.17, 15) is 31.5 Å². The maximum Gasteiger partial charge on any atom is 0.418 e. The fraction of sp³-hybridized carbons (Fsp3) is 0.211. The van der Waals surface area contributed by atoms with Crippen LogP contribution in [0.4, 0.5) is 22.0 Å². The highest BCUT2D eigenvalue weighted by Gasteiger charge is 2.37. The molecule has 0 saturated carbocycles. The Morgan fingerprint density at radius 3 is 2.28 bits per heavy atom. The van der Waals surface area contributed by atoms with E-state index in [1.165, 1.54) is 0 Å². The zero-order chi connectivity index (χ0) is 21.4. The van der Waals surface area contributed by atoms with Gasteiger partial charge in [-0.05, 0) is 17.7 Å². The molecule has 10 heteroatoms. The van der Waals surface area contributed by atoms with Gasteiger partial charge in [-0.25, -0.2) is 4.98 Å². The normalized spacial score (nSPS) is 12.2. The van der Waals surface area contributed by atoms with E-state index in [0.29, 0.717) is 18.6 Å². The van der Waals surface area contributed by atoms with E-state index < -0.39 is 45.9 Å². The Morgan fingerprint density at radius 2 is 1.69 bits per heavy atom. The second kappa shape index (κ2) is 7.26. The van der Waals surface area contributed by atoms with E-state index in [0.717, 1.165) is 12.1 Å². The summed E-state index contributed by atoms with van der Waals surface area (Å²) in [6, 6.07) is 10.9. The van der Waals surface area contributed by atoms with Gasteiger partial charge in [0.15, 0.2) is 0 Å². The molecule has 0 unspecified atom stereocenters. The molecule has 0 saturated heterocycles. The molecular formula is C19H14F5N3O2. The van der Waals surface area contributed by atoms with Crippen LogP contribution >= 0.6 is 0 Å². The van der Waals surface area contributed by atoms with Gasteiger partial charge in [0.1, 0.15) is 0 Å². The van der Waals surface area contributed by atoms with Crippen LogP contribution in [0.3, 0.4) is 0 Å². The lowest BCUT2D eigenvalue weighted by molar-refractivity contribution is -0.136. The van der Waals surface area contributed by atoms with Crippen LogP contribution in [0.5, 0.6) is 0 Å². The number of carbonyl (C=O) groups excluding carboxylic acids is 1. The van der Waals surface area contributed by atoms with E-state index >= 15 is 0 Å².